The molecule has 0 bridgehead atoms. The van der Waals surface area contributed by atoms with Crippen molar-refractivity contribution in [1.29, 1.82) is 0 Å². The van der Waals surface area contributed by atoms with Gasteiger partial charge in [-0.25, -0.2) is 0 Å². The van der Waals surface area contributed by atoms with Crippen molar-refractivity contribution in [3.8, 4) is 0 Å². The molecule has 0 aromatic heterocycles. The van der Waals surface area contributed by atoms with E-state index in [9.17, 15) is 9.59 Å². The molecule has 0 aliphatic heterocycles. The lowest BCUT2D eigenvalue weighted by Crippen LogP contribution is -2.27. The fourth-order valence-corrected chi connectivity index (χ4v) is 0.411. The van der Waals surface area contributed by atoms with Crippen molar-refractivity contribution in [2.24, 2.45) is 5.73 Å². The lowest BCUT2D eigenvalue weighted by Gasteiger charge is -2.10. The second-order valence-electron chi connectivity index (χ2n) is 1.78. The topological polar surface area (TPSA) is 83.6 Å². The van der Waals surface area contributed by atoms with Crippen LogP contribution in [0.15, 0.2) is 0 Å². The van der Waals surface area contributed by atoms with Crippen LogP contribution in [0.4, 0.5) is 0 Å². The molecule has 58 valence electrons. The first kappa shape index (κ1) is 8.90. The molecule has 0 fully saturated rings. The van der Waals surface area contributed by atoms with Crippen molar-refractivity contribution in [3.05, 3.63) is 0 Å². The summed E-state index contributed by atoms with van der Waals surface area (Å²) < 4.78 is 0. The van der Waals surface area contributed by atoms with Crippen LogP contribution in [0.5, 0.6) is 0 Å². The van der Waals surface area contributed by atoms with Gasteiger partial charge in [-0.15, -0.1) is 0 Å². The number of rotatable bonds is 5. The van der Waals surface area contributed by atoms with Crippen LogP contribution in [-0.2, 0) is 9.59 Å². The van der Waals surface area contributed by atoms with Gasteiger partial charge in [-0.3, -0.25) is 9.59 Å². The number of carbonyl (C=O) groups excluding carboxylic acids is 2. The van der Waals surface area contributed by atoms with Crippen molar-refractivity contribution >= 4 is 12.3 Å². The molecule has 0 aliphatic rings. The third kappa shape index (κ3) is 3.85. The summed E-state index contributed by atoms with van der Waals surface area (Å²) in [6.45, 7) is -0.202. The normalized spacial score (nSPS) is 8.90. The van der Waals surface area contributed by atoms with Crippen LogP contribution in [0, 0.1) is 0 Å². The summed E-state index contributed by atoms with van der Waals surface area (Å²) >= 11 is 0. The average Bonchev–Trinajstić information content (AvgIpc) is 1.90. The van der Waals surface area contributed by atoms with Gasteiger partial charge < -0.3 is 15.7 Å². The average molecular weight is 146 g/mol. The first-order chi connectivity index (χ1) is 4.70. The van der Waals surface area contributed by atoms with Crippen LogP contribution in [0.25, 0.3) is 0 Å². The van der Waals surface area contributed by atoms with Crippen molar-refractivity contribution < 1.29 is 14.7 Å². The molecule has 0 aromatic rings. The molecule has 10 heavy (non-hydrogen) atoms. The maximum atomic E-state index is 10.1. The first-order valence-corrected chi connectivity index (χ1v) is 2.79. The summed E-state index contributed by atoms with van der Waals surface area (Å²) in [6, 6.07) is 0. The number of nitrogens with zero attached hydrogens (tertiary/aromatic N) is 1. The standard InChI is InChI=1S/C5H10N2O3/c6-5(10)1-2-7(3-8)4-9/h3,9H,1-2,4H2,(H2,6,10). The second-order valence-corrected chi connectivity index (χ2v) is 1.78. The van der Waals surface area contributed by atoms with Gasteiger partial charge >= 0.3 is 0 Å². The molecular formula is C5H10N2O3. The SMILES string of the molecule is NC(=O)CCN(C=O)CO. The van der Waals surface area contributed by atoms with Crippen LogP contribution in [-0.4, -0.2) is 35.6 Å². The third-order valence-electron chi connectivity index (χ3n) is 0.976. The van der Waals surface area contributed by atoms with Gasteiger partial charge in [0.15, 0.2) is 0 Å². The molecule has 0 rings (SSSR count). The molecule has 5 heteroatoms. The maximum absolute atomic E-state index is 10.1. The lowest BCUT2D eigenvalue weighted by atomic mass is 10.4. The fourth-order valence-electron chi connectivity index (χ4n) is 0.411. The van der Waals surface area contributed by atoms with Crippen LogP contribution >= 0.6 is 0 Å². The molecule has 0 saturated carbocycles. The van der Waals surface area contributed by atoms with Gasteiger partial charge in [-0.1, -0.05) is 0 Å². The minimum absolute atomic E-state index is 0.0826. The van der Waals surface area contributed by atoms with E-state index in [4.69, 9.17) is 10.8 Å². The Labute approximate surface area is 58.4 Å². The molecule has 0 saturated heterocycles. The quantitative estimate of drug-likeness (QED) is 0.357. The third-order valence-corrected chi connectivity index (χ3v) is 0.976. The Bertz CT molecular complexity index is 126. The smallest absolute Gasteiger partial charge is 0.219 e. The molecule has 0 aromatic carbocycles. The molecule has 0 radical (unpaired) electrons. The molecule has 0 heterocycles. The minimum atomic E-state index is -0.486. The minimum Gasteiger partial charge on any atom is -0.376 e. The molecule has 3 N–H and O–H groups in total. The highest BCUT2D eigenvalue weighted by Crippen LogP contribution is 1.83. The summed E-state index contributed by atoms with van der Waals surface area (Å²) in [5, 5.41) is 8.38. The van der Waals surface area contributed by atoms with Gasteiger partial charge in [0, 0.05) is 13.0 Å². The number of nitrogens with two attached hydrogens (primary N) is 1. The van der Waals surface area contributed by atoms with Gasteiger partial charge in [-0.05, 0) is 0 Å². The zero-order valence-electron chi connectivity index (χ0n) is 5.49. The van der Waals surface area contributed by atoms with Crippen molar-refractivity contribution in [2.75, 3.05) is 13.3 Å². The number of primary amides is 1. The van der Waals surface area contributed by atoms with Crippen LogP contribution in [0.3, 0.4) is 0 Å². The van der Waals surface area contributed by atoms with E-state index in [1.807, 2.05) is 0 Å². The number of aliphatic hydroxyl groups is 1. The monoisotopic (exact) mass is 146 g/mol. The maximum Gasteiger partial charge on any atom is 0.219 e. The Kier molecular flexibility index (Phi) is 4.23. The van der Waals surface area contributed by atoms with Gasteiger partial charge in [0.2, 0.25) is 12.3 Å². The molecule has 0 unspecified atom stereocenters. The zero-order valence-corrected chi connectivity index (χ0v) is 5.49. The van der Waals surface area contributed by atoms with Crippen molar-refractivity contribution in [1.82, 2.24) is 4.90 Å². The number of carbonyl (C=O) groups is 2. The fraction of sp³-hybridized carbons (Fsp3) is 0.600. The van der Waals surface area contributed by atoms with E-state index in [-0.39, 0.29) is 19.7 Å². The predicted molar refractivity (Wildman–Crippen MR) is 33.7 cm³/mol. The van der Waals surface area contributed by atoms with Crippen LogP contribution in [0.1, 0.15) is 6.42 Å². The summed E-state index contributed by atoms with van der Waals surface area (Å²) in [7, 11) is 0. The summed E-state index contributed by atoms with van der Waals surface area (Å²) in [5.41, 5.74) is 4.79. The van der Waals surface area contributed by atoms with E-state index in [2.05, 4.69) is 0 Å². The Balaban J connectivity index is 3.44. The Morgan fingerprint density at radius 3 is 2.60 bits per heavy atom. The van der Waals surface area contributed by atoms with E-state index in [0.29, 0.717) is 6.41 Å². The van der Waals surface area contributed by atoms with Crippen LogP contribution < -0.4 is 5.73 Å². The van der Waals surface area contributed by atoms with E-state index >= 15 is 0 Å². The van der Waals surface area contributed by atoms with E-state index < -0.39 is 5.91 Å². The van der Waals surface area contributed by atoms with E-state index in [1.54, 1.807) is 0 Å². The molecule has 0 spiro atoms. The molecule has 0 atom stereocenters. The highest BCUT2D eigenvalue weighted by molar-refractivity contribution is 5.74. The number of hydrogen-bond donors (Lipinski definition) is 2. The van der Waals surface area contributed by atoms with Gasteiger partial charge in [-0.2, -0.15) is 0 Å². The van der Waals surface area contributed by atoms with Crippen molar-refractivity contribution in [3.63, 3.8) is 0 Å². The van der Waals surface area contributed by atoms with Crippen molar-refractivity contribution in [2.45, 2.75) is 6.42 Å². The molecular weight excluding hydrogens is 136 g/mol. The number of amides is 2. The summed E-state index contributed by atoms with van der Waals surface area (Å²) in [5.74, 6) is -0.486. The highest BCUT2D eigenvalue weighted by atomic mass is 16.3. The second kappa shape index (κ2) is 4.75. The van der Waals surface area contributed by atoms with Crippen LogP contribution in [0.2, 0.25) is 0 Å². The summed E-state index contributed by atoms with van der Waals surface area (Å²) in [4.78, 5) is 21.1. The van der Waals surface area contributed by atoms with Gasteiger partial charge in [0.25, 0.3) is 0 Å². The molecule has 0 aliphatic carbocycles. The highest BCUT2D eigenvalue weighted by Gasteiger charge is 2.00. The Morgan fingerprint density at radius 2 is 2.30 bits per heavy atom. The van der Waals surface area contributed by atoms with Gasteiger partial charge in [0.1, 0.15) is 6.73 Å². The number of hydrogen-bond acceptors (Lipinski definition) is 3. The first-order valence-electron chi connectivity index (χ1n) is 2.79. The molecule has 2 amide bonds. The van der Waals surface area contributed by atoms with Gasteiger partial charge in [0.05, 0.1) is 0 Å². The zero-order chi connectivity index (χ0) is 7.98. The van der Waals surface area contributed by atoms with E-state index in [1.165, 1.54) is 0 Å². The Hall–Kier alpha value is -1.10. The number of aliphatic hydroxyl groups excluding tert-OH is 1. The largest absolute Gasteiger partial charge is 0.376 e. The summed E-state index contributed by atoms with van der Waals surface area (Å²) in [6.07, 6.45) is 0.544. The Morgan fingerprint density at radius 1 is 1.70 bits per heavy atom. The van der Waals surface area contributed by atoms with E-state index in [0.717, 1.165) is 4.90 Å². The lowest BCUT2D eigenvalue weighted by molar-refractivity contribution is -0.123. The molecule has 5 nitrogen and oxygen atoms in total. The predicted octanol–water partition coefficient (Wildman–Crippen LogP) is -1.73.